The Morgan fingerprint density at radius 2 is 2.05 bits per heavy atom. The molecule has 0 saturated heterocycles. The summed E-state index contributed by atoms with van der Waals surface area (Å²) in [5.41, 5.74) is 1.22. The van der Waals surface area contributed by atoms with E-state index in [2.05, 4.69) is 16.7 Å². The van der Waals surface area contributed by atoms with Gasteiger partial charge in [0, 0.05) is 18.8 Å². The summed E-state index contributed by atoms with van der Waals surface area (Å²) in [6.45, 7) is 4.89. The maximum absolute atomic E-state index is 10.8. The minimum absolute atomic E-state index is 0.440. The first kappa shape index (κ1) is 13.3. The summed E-state index contributed by atoms with van der Waals surface area (Å²) in [7, 11) is 0. The van der Waals surface area contributed by atoms with Crippen molar-refractivity contribution in [3.8, 4) is 0 Å². The van der Waals surface area contributed by atoms with Gasteiger partial charge >= 0.3 is 0 Å². The molecule has 0 aliphatic rings. The van der Waals surface area contributed by atoms with Crippen molar-refractivity contribution in [3.05, 3.63) is 54.1 Å². The maximum Gasteiger partial charge on any atom is 0.253 e. The number of carbonyl (C=O) groups excluding carboxylic acids is 1. The Morgan fingerprint density at radius 3 is 2.68 bits per heavy atom. The lowest BCUT2D eigenvalue weighted by Crippen LogP contribution is -2.37. The van der Waals surface area contributed by atoms with Gasteiger partial charge in [-0.3, -0.25) is 0 Å². The zero-order valence-corrected chi connectivity index (χ0v) is 11.2. The van der Waals surface area contributed by atoms with Gasteiger partial charge in [-0.1, -0.05) is 37.3 Å². The Labute approximate surface area is 112 Å². The van der Waals surface area contributed by atoms with Crippen LogP contribution in [-0.2, 0) is 17.9 Å². The maximum atomic E-state index is 10.8. The molecule has 0 spiro atoms. The minimum atomic E-state index is -1.01. The van der Waals surface area contributed by atoms with Gasteiger partial charge in [-0.25, -0.2) is 9.13 Å². The lowest BCUT2D eigenvalue weighted by Gasteiger charge is -2.10. The van der Waals surface area contributed by atoms with Crippen LogP contribution in [0.25, 0.3) is 0 Å². The summed E-state index contributed by atoms with van der Waals surface area (Å²) in [6, 6.07) is 10.2. The monoisotopic (exact) mass is 258 g/mol. The summed E-state index contributed by atoms with van der Waals surface area (Å²) in [5, 5.41) is 10.8. The van der Waals surface area contributed by atoms with Gasteiger partial charge in [-0.05, 0) is 5.56 Å². The summed E-state index contributed by atoms with van der Waals surface area (Å²) in [4.78, 5) is 10.8. The van der Waals surface area contributed by atoms with E-state index in [9.17, 15) is 9.90 Å². The van der Waals surface area contributed by atoms with Crippen molar-refractivity contribution < 1.29 is 14.5 Å². The average molecular weight is 258 g/mol. The predicted molar refractivity (Wildman–Crippen MR) is 69.1 cm³/mol. The number of nitrogens with zero attached hydrogens (tertiary/aromatic N) is 2. The van der Waals surface area contributed by atoms with E-state index in [0.717, 1.165) is 12.4 Å². The van der Waals surface area contributed by atoms with E-state index in [4.69, 9.17) is 0 Å². The smallest absolute Gasteiger partial charge is 0.253 e. The van der Waals surface area contributed by atoms with Crippen LogP contribution < -0.4 is 9.67 Å². The molecule has 1 heterocycles. The molecule has 0 aliphatic carbocycles. The molecule has 1 atom stereocenters. The summed E-state index contributed by atoms with van der Waals surface area (Å²) >= 11 is 0. The van der Waals surface area contributed by atoms with Gasteiger partial charge in [0.25, 0.3) is 5.82 Å². The third kappa shape index (κ3) is 3.22. The van der Waals surface area contributed by atoms with Crippen LogP contribution in [0.3, 0.4) is 0 Å². The van der Waals surface area contributed by atoms with E-state index in [1.54, 1.807) is 6.92 Å². The van der Waals surface area contributed by atoms with E-state index >= 15 is 0 Å². The van der Waals surface area contributed by atoms with Crippen LogP contribution in [0.15, 0.2) is 42.7 Å². The number of carbonyl (C=O) groups is 1. The highest BCUT2D eigenvalue weighted by atomic mass is 16.4. The molecule has 0 saturated carbocycles. The van der Waals surface area contributed by atoms with Gasteiger partial charge < -0.3 is 9.90 Å². The van der Waals surface area contributed by atoms with E-state index in [1.807, 2.05) is 42.1 Å². The van der Waals surface area contributed by atoms with Crippen LogP contribution >= 0.6 is 0 Å². The lowest BCUT2D eigenvalue weighted by molar-refractivity contribution is -0.694. The van der Waals surface area contributed by atoms with Crippen LogP contribution in [0.2, 0.25) is 0 Å². The molecule has 19 heavy (non-hydrogen) atoms. The van der Waals surface area contributed by atoms with Crippen LogP contribution in [0.4, 0.5) is 0 Å². The molecule has 0 bridgehead atoms. The van der Waals surface area contributed by atoms with Crippen LogP contribution in [0, 0.1) is 12.8 Å². The molecule has 1 unspecified atom stereocenters. The number of hydrogen-bond donors (Lipinski definition) is 0. The molecule has 0 amide bonds. The molecule has 4 heteroatoms. The Balaban J connectivity index is 2.12. The number of aromatic nitrogens is 2. The van der Waals surface area contributed by atoms with Crippen molar-refractivity contribution in [1.29, 1.82) is 0 Å². The fourth-order valence-corrected chi connectivity index (χ4v) is 2.05. The number of benzene rings is 1. The van der Waals surface area contributed by atoms with Gasteiger partial charge in [0.15, 0.2) is 0 Å². The molecular formula is C15H18N2O2. The predicted octanol–water partition coefficient (Wildman–Crippen LogP) is 0.518. The van der Waals surface area contributed by atoms with Crippen molar-refractivity contribution in [2.75, 3.05) is 0 Å². The summed E-state index contributed by atoms with van der Waals surface area (Å²) in [6.07, 6.45) is 3.89. The van der Waals surface area contributed by atoms with Gasteiger partial charge in [0.05, 0.1) is 6.54 Å². The topological polar surface area (TPSA) is 48.9 Å². The zero-order valence-electron chi connectivity index (χ0n) is 11.2. The first-order valence-corrected chi connectivity index (χ1v) is 6.38. The quantitative estimate of drug-likeness (QED) is 0.734. The molecule has 1 aromatic carbocycles. The molecule has 0 aliphatic heterocycles. The van der Waals surface area contributed by atoms with Gasteiger partial charge in [0.1, 0.15) is 18.9 Å². The molecule has 4 nitrogen and oxygen atoms in total. The standard InChI is InChI=1S/C15H18N2O2/c1-12(15(18)19)10-16-8-9-17(13(16)2)11-14-6-4-3-5-7-14/h3-9,12H,10-11H2,1-2H3. The summed E-state index contributed by atoms with van der Waals surface area (Å²) in [5.74, 6) is -0.462. The van der Waals surface area contributed by atoms with E-state index in [-0.39, 0.29) is 0 Å². The highest BCUT2D eigenvalue weighted by molar-refractivity contribution is 5.66. The Hall–Kier alpha value is -2.10. The summed E-state index contributed by atoms with van der Waals surface area (Å²) < 4.78 is 4.06. The minimum Gasteiger partial charge on any atom is -0.550 e. The van der Waals surface area contributed by atoms with Gasteiger partial charge in [-0.15, -0.1) is 0 Å². The molecule has 2 rings (SSSR count). The number of aliphatic carboxylic acids is 1. The van der Waals surface area contributed by atoms with Crippen molar-refractivity contribution in [2.45, 2.75) is 26.9 Å². The van der Waals surface area contributed by atoms with Crippen molar-refractivity contribution in [1.82, 2.24) is 4.57 Å². The van der Waals surface area contributed by atoms with Crippen molar-refractivity contribution in [3.63, 3.8) is 0 Å². The number of carboxylic acids is 1. The number of hydrogen-bond acceptors (Lipinski definition) is 2. The second-order valence-corrected chi connectivity index (χ2v) is 4.83. The normalized spacial score (nSPS) is 12.3. The molecule has 0 N–H and O–H groups in total. The van der Waals surface area contributed by atoms with Crippen molar-refractivity contribution in [2.24, 2.45) is 5.92 Å². The number of rotatable bonds is 5. The van der Waals surface area contributed by atoms with Gasteiger partial charge in [-0.2, -0.15) is 0 Å². The number of imidazole rings is 1. The highest BCUT2D eigenvalue weighted by Gasteiger charge is 2.15. The van der Waals surface area contributed by atoms with Crippen LogP contribution in [-0.4, -0.2) is 10.5 Å². The average Bonchev–Trinajstić information content (AvgIpc) is 2.73. The largest absolute Gasteiger partial charge is 0.550 e. The van der Waals surface area contributed by atoms with Gasteiger partial charge in [0.2, 0.25) is 0 Å². The van der Waals surface area contributed by atoms with Crippen LogP contribution in [0.5, 0.6) is 0 Å². The Kier molecular flexibility index (Phi) is 4.00. The molecular weight excluding hydrogens is 240 g/mol. The Morgan fingerprint density at radius 1 is 1.37 bits per heavy atom. The molecule has 0 fully saturated rings. The SMILES string of the molecule is Cc1n(CC(C)C(=O)[O-])cc[n+]1Cc1ccccc1. The van der Waals surface area contributed by atoms with E-state index in [0.29, 0.717) is 6.54 Å². The second-order valence-electron chi connectivity index (χ2n) is 4.83. The van der Waals surface area contributed by atoms with Crippen LogP contribution in [0.1, 0.15) is 18.3 Å². The fraction of sp³-hybridized carbons (Fsp3) is 0.333. The van der Waals surface area contributed by atoms with E-state index < -0.39 is 11.9 Å². The molecule has 100 valence electrons. The zero-order chi connectivity index (χ0) is 13.8. The molecule has 2 aromatic rings. The third-order valence-corrected chi connectivity index (χ3v) is 3.33. The number of carboxylic acid groups (broad SMARTS) is 1. The van der Waals surface area contributed by atoms with Crippen molar-refractivity contribution >= 4 is 5.97 Å². The molecule has 0 radical (unpaired) electrons. The third-order valence-electron chi connectivity index (χ3n) is 3.33. The molecule has 1 aromatic heterocycles. The van der Waals surface area contributed by atoms with E-state index in [1.165, 1.54) is 5.56 Å². The first-order chi connectivity index (χ1) is 9.08. The fourth-order valence-electron chi connectivity index (χ4n) is 2.05. The lowest BCUT2D eigenvalue weighted by atomic mass is 10.2. The second kappa shape index (κ2) is 5.69. The highest BCUT2D eigenvalue weighted by Crippen LogP contribution is 2.04. The Bertz CT molecular complexity index is 561. The first-order valence-electron chi connectivity index (χ1n) is 6.38.